The Labute approximate surface area is 190 Å². The third kappa shape index (κ3) is 4.40. The number of allylic oxidation sites excluding steroid dienone is 8. The Bertz CT molecular complexity index is 1060. The van der Waals surface area contributed by atoms with Crippen LogP contribution >= 0.6 is 0 Å². The van der Waals surface area contributed by atoms with Crippen molar-refractivity contribution in [2.75, 3.05) is 0 Å². The Morgan fingerprint density at radius 1 is 0.969 bits per heavy atom. The lowest BCUT2D eigenvalue weighted by Crippen LogP contribution is -2.46. The van der Waals surface area contributed by atoms with Gasteiger partial charge in [0.1, 0.15) is 22.7 Å². The fourth-order valence-corrected chi connectivity index (χ4v) is 3.99. The molecule has 1 N–H and O–H groups in total. The van der Waals surface area contributed by atoms with Crippen molar-refractivity contribution in [1.82, 2.24) is 0 Å². The zero-order valence-corrected chi connectivity index (χ0v) is 19.8. The molecule has 0 aromatic heterocycles. The first kappa shape index (κ1) is 23.5. The number of Topliss-reactive ketones (excluding diaryl/α,β-unsaturated/α-hetero) is 2. The lowest BCUT2D eigenvalue weighted by Gasteiger charge is -2.43. The third-order valence-corrected chi connectivity index (χ3v) is 5.83. The van der Waals surface area contributed by atoms with Gasteiger partial charge in [0, 0.05) is 5.56 Å². The first-order chi connectivity index (χ1) is 15.0. The van der Waals surface area contributed by atoms with Gasteiger partial charge >= 0.3 is 0 Å². The number of carbonyl (C=O) groups excluding carboxylic acids is 2. The third-order valence-electron chi connectivity index (χ3n) is 5.83. The number of hydrogen-bond acceptors (Lipinski definition) is 4. The number of ether oxygens (including phenoxy) is 1. The van der Waals surface area contributed by atoms with E-state index in [-0.39, 0.29) is 11.3 Å². The molecule has 0 atom stereocenters. The maximum atomic E-state index is 14.1. The summed E-state index contributed by atoms with van der Waals surface area (Å²) in [6, 6.07) is 8.73. The van der Waals surface area contributed by atoms with Gasteiger partial charge in [-0.3, -0.25) is 9.59 Å². The van der Waals surface area contributed by atoms with Crippen LogP contribution in [0.25, 0.3) is 5.76 Å². The summed E-state index contributed by atoms with van der Waals surface area (Å²) in [5.74, 6) is -0.782. The summed E-state index contributed by atoms with van der Waals surface area (Å²) >= 11 is 0. The van der Waals surface area contributed by atoms with E-state index in [0.29, 0.717) is 29.7 Å². The van der Waals surface area contributed by atoms with Crippen LogP contribution in [0.5, 0.6) is 0 Å². The summed E-state index contributed by atoms with van der Waals surface area (Å²) in [4.78, 5) is 27.6. The van der Waals surface area contributed by atoms with Crippen LogP contribution in [-0.4, -0.2) is 22.3 Å². The monoisotopic (exact) mass is 432 g/mol. The van der Waals surface area contributed by atoms with Gasteiger partial charge in [-0.05, 0) is 66.5 Å². The van der Waals surface area contributed by atoms with Crippen molar-refractivity contribution in [3.8, 4) is 0 Å². The minimum Gasteiger partial charge on any atom is -0.506 e. The van der Waals surface area contributed by atoms with Crippen LogP contribution in [0.15, 0.2) is 82.7 Å². The second-order valence-corrected chi connectivity index (χ2v) is 9.58. The molecular formula is C28H32O4. The van der Waals surface area contributed by atoms with E-state index in [4.69, 9.17) is 4.74 Å². The van der Waals surface area contributed by atoms with Gasteiger partial charge < -0.3 is 9.84 Å². The largest absolute Gasteiger partial charge is 0.506 e. The van der Waals surface area contributed by atoms with Crippen LogP contribution in [0, 0.1) is 5.41 Å². The second kappa shape index (κ2) is 8.78. The van der Waals surface area contributed by atoms with E-state index in [1.54, 1.807) is 30.3 Å². The van der Waals surface area contributed by atoms with Crippen LogP contribution < -0.4 is 0 Å². The Balaban J connectivity index is 2.35. The van der Waals surface area contributed by atoms with Crippen LogP contribution in [0.3, 0.4) is 0 Å². The first-order valence-electron chi connectivity index (χ1n) is 11.0. The molecule has 0 fully saturated rings. The van der Waals surface area contributed by atoms with Crippen molar-refractivity contribution in [2.24, 2.45) is 5.41 Å². The van der Waals surface area contributed by atoms with Gasteiger partial charge in [0.15, 0.2) is 5.78 Å². The average molecular weight is 433 g/mol. The molecule has 0 amide bonds. The lowest BCUT2D eigenvalue weighted by atomic mass is 9.65. The number of ketones is 2. The highest BCUT2D eigenvalue weighted by atomic mass is 16.5. The number of carbonyl (C=O) groups is 2. The van der Waals surface area contributed by atoms with Crippen molar-refractivity contribution in [3.05, 3.63) is 88.3 Å². The zero-order chi connectivity index (χ0) is 23.7. The number of aliphatic hydroxyl groups is 1. The van der Waals surface area contributed by atoms with Gasteiger partial charge in [0.25, 0.3) is 0 Å². The summed E-state index contributed by atoms with van der Waals surface area (Å²) in [5.41, 5.74) is 0.973. The van der Waals surface area contributed by atoms with E-state index >= 15 is 0 Å². The van der Waals surface area contributed by atoms with Gasteiger partial charge in [-0.1, -0.05) is 53.6 Å². The summed E-state index contributed by atoms with van der Waals surface area (Å²) in [6.07, 6.45) is 8.32. The summed E-state index contributed by atoms with van der Waals surface area (Å²) in [5, 5.41) is 11.1. The van der Waals surface area contributed by atoms with Crippen molar-refractivity contribution in [3.63, 3.8) is 0 Å². The van der Waals surface area contributed by atoms with Crippen molar-refractivity contribution < 1.29 is 19.4 Å². The Hall–Kier alpha value is -3.14. The minimum atomic E-state index is -1.11. The van der Waals surface area contributed by atoms with Crippen LogP contribution in [0.2, 0.25) is 0 Å². The molecule has 0 bridgehead atoms. The second-order valence-electron chi connectivity index (χ2n) is 9.58. The standard InChI is InChI=1S/C28H32O4/c1-18(2)12-16-28(17-13-19(3)4)25(31)22(23(29)20-10-8-7-9-11-20)24(30)21-14-15-27(5,6)32-26(21)28/h7-15,29H,16-17H2,1-6H3. The molecule has 0 unspecified atom stereocenters. The molecule has 0 saturated carbocycles. The van der Waals surface area contributed by atoms with Gasteiger partial charge in [-0.2, -0.15) is 0 Å². The summed E-state index contributed by atoms with van der Waals surface area (Å²) in [7, 11) is 0. The van der Waals surface area contributed by atoms with Gasteiger partial charge in [-0.25, -0.2) is 0 Å². The van der Waals surface area contributed by atoms with Gasteiger partial charge in [0.2, 0.25) is 5.78 Å². The molecule has 168 valence electrons. The van der Waals surface area contributed by atoms with E-state index in [2.05, 4.69) is 0 Å². The maximum absolute atomic E-state index is 14.1. The number of benzene rings is 1. The molecular weight excluding hydrogens is 400 g/mol. The molecule has 1 aliphatic heterocycles. The number of rotatable bonds is 5. The van der Waals surface area contributed by atoms with Crippen LogP contribution in [0.4, 0.5) is 0 Å². The molecule has 1 aromatic rings. The van der Waals surface area contributed by atoms with Crippen molar-refractivity contribution in [2.45, 2.75) is 60.0 Å². The molecule has 1 heterocycles. The van der Waals surface area contributed by atoms with Crippen molar-refractivity contribution in [1.29, 1.82) is 0 Å². The molecule has 0 radical (unpaired) electrons. The lowest BCUT2D eigenvalue weighted by molar-refractivity contribution is -0.130. The smallest absolute Gasteiger partial charge is 0.203 e. The first-order valence-corrected chi connectivity index (χ1v) is 11.0. The highest BCUT2D eigenvalue weighted by Crippen LogP contribution is 2.50. The molecule has 2 aliphatic rings. The molecule has 0 saturated heterocycles. The minimum absolute atomic E-state index is 0.174. The maximum Gasteiger partial charge on any atom is 0.203 e. The Morgan fingerprint density at radius 3 is 2.06 bits per heavy atom. The van der Waals surface area contributed by atoms with E-state index < -0.39 is 22.6 Å². The predicted molar refractivity (Wildman–Crippen MR) is 128 cm³/mol. The number of aliphatic hydroxyl groups excluding tert-OH is 1. The fraction of sp³-hybridized carbons (Fsp3) is 0.357. The Kier molecular flexibility index (Phi) is 6.45. The SMILES string of the molecule is CC(C)=CCC1(CC=C(C)C)C(=O)C(=C(O)c2ccccc2)C(=O)C2=C1OC(C)(C)C=C2. The van der Waals surface area contributed by atoms with E-state index in [0.717, 1.165) is 11.1 Å². The molecule has 3 rings (SSSR count). The summed E-state index contributed by atoms with van der Waals surface area (Å²) in [6.45, 7) is 11.7. The van der Waals surface area contributed by atoms with E-state index in [1.165, 1.54) is 0 Å². The molecule has 4 heteroatoms. The molecule has 32 heavy (non-hydrogen) atoms. The van der Waals surface area contributed by atoms with E-state index in [1.807, 2.05) is 65.8 Å². The van der Waals surface area contributed by atoms with Crippen LogP contribution in [0.1, 0.15) is 59.9 Å². The van der Waals surface area contributed by atoms with Crippen molar-refractivity contribution >= 4 is 17.3 Å². The Morgan fingerprint density at radius 2 is 1.53 bits per heavy atom. The van der Waals surface area contributed by atoms with Gasteiger partial charge in [-0.15, -0.1) is 0 Å². The van der Waals surface area contributed by atoms with E-state index in [9.17, 15) is 14.7 Å². The molecule has 1 aromatic carbocycles. The highest BCUT2D eigenvalue weighted by molar-refractivity contribution is 6.34. The highest BCUT2D eigenvalue weighted by Gasteiger charge is 2.53. The predicted octanol–water partition coefficient (Wildman–Crippen LogP) is 6.43. The molecule has 0 spiro atoms. The normalized spacial score (nSPS) is 20.3. The summed E-state index contributed by atoms with van der Waals surface area (Å²) < 4.78 is 6.32. The topological polar surface area (TPSA) is 63.6 Å². The molecule has 1 aliphatic carbocycles. The van der Waals surface area contributed by atoms with Crippen LogP contribution in [-0.2, 0) is 14.3 Å². The quantitative estimate of drug-likeness (QED) is 0.252. The van der Waals surface area contributed by atoms with Gasteiger partial charge in [0.05, 0.1) is 11.0 Å². The zero-order valence-electron chi connectivity index (χ0n) is 19.8. The fourth-order valence-electron chi connectivity index (χ4n) is 3.99. The average Bonchev–Trinajstić information content (AvgIpc) is 2.73. The molecule has 4 nitrogen and oxygen atoms in total. The number of hydrogen-bond donors (Lipinski definition) is 1.